The van der Waals surface area contributed by atoms with Crippen LogP contribution in [-0.4, -0.2) is 34.7 Å². The number of nitrogens with zero attached hydrogens (tertiary/aromatic N) is 2. The summed E-state index contributed by atoms with van der Waals surface area (Å²) in [5.74, 6) is 1.75. The first-order valence-corrected chi connectivity index (χ1v) is 10.9. The number of benzene rings is 1. The predicted octanol–water partition coefficient (Wildman–Crippen LogP) is 4.32. The number of Topliss-reactive ketones (excluding diaryl/α,β-unsaturated/α-hetero) is 1. The Morgan fingerprint density at radius 3 is 2.89 bits per heavy atom. The van der Waals surface area contributed by atoms with Crippen molar-refractivity contribution in [3.63, 3.8) is 0 Å². The highest BCUT2D eigenvalue weighted by Crippen LogP contribution is 2.39. The zero-order valence-corrected chi connectivity index (χ0v) is 16.3. The summed E-state index contributed by atoms with van der Waals surface area (Å²) < 4.78 is 11.1. The van der Waals surface area contributed by atoms with Gasteiger partial charge in [0, 0.05) is 15.8 Å². The molecule has 1 aromatic carbocycles. The molecule has 0 atom stereocenters. The number of thiophene rings is 1. The van der Waals surface area contributed by atoms with Crippen LogP contribution < -0.4 is 9.47 Å². The van der Waals surface area contributed by atoms with E-state index in [1.54, 1.807) is 29.8 Å². The summed E-state index contributed by atoms with van der Waals surface area (Å²) in [6.45, 7) is 1.06. The Morgan fingerprint density at radius 2 is 1.96 bits per heavy atom. The molecule has 27 heavy (non-hydrogen) atoms. The number of hydrogen-bond acceptors (Lipinski definition) is 7. The van der Waals surface area contributed by atoms with Crippen molar-refractivity contribution < 1.29 is 14.3 Å². The van der Waals surface area contributed by atoms with Gasteiger partial charge >= 0.3 is 0 Å². The van der Waals surface area contributed by atoms with Crippen molar-refractivity contribution in [2.75, 3.05) is 19.0 Å². The number of thioether (sulfide) groups is 1. The first kappa shape index (κ1) is 17.0. The van der Waals surface area contributed by atoms with Crippen molar-refractivity contribution in [2.24, 2.45) is 0 Å². The maximum atomic E-state index is 12.7. The molecule has 3 aromatic rings. The Morgan fingerprint density at radius 1 is 1.11 bits per heavy atom. The van der Waals surface area contributed by atoms with Crippen LogP contribution in [0.4, 0.5) is 0 Å². The molecule has 7 heteroatoms. The van der Waals surface area contributed by atoms with Gasteiger partial charge in [-0.2, -0.15) is 0 Å². The molecule has 0 bridgehead atoms. The van der Waals surface area contributed by atoms with Gasteiger partial charge in [0.1, 0.15) is 29.4 Å². The molecule has 0 amide bonds. The Hall–Kier alpha value is -2.12. The van der Waals surface area contributed by atoms with Gasteiger partial charge in [0.2, 0.25) is 0 Å². The molecular weight excluding hydrogens is 380 g/mol. The lowest BCUT2D eigenvalue weighted by Crippen LogP contribution is -2.16. The van der Waals surface area contributed by atoms with Gasteiger partial charge in [0.15, 0.2) is 17.3 Å². The van der Waals surface area contributed by atoms with Crippen LogP contribution >= 0.6 is 23.1 Å². The van der Waals surface area contributed by atoms with Crippen molar-refractivity contribution in [3.05, 3.63) is 40.5 Å². The van der Waals surface area contributed by atoms with Gasteiger partial charge in [-0.25, -0.2) is 9.97 Å². The van der Waals surface area contributed by atoms with Crippen LogP contribution in [0.25, 0.3) is 10.2 Å². The van der Waals surface area contributed by atoms with Gasteiger partial charge in [-0.3, -0.25) is 4.79 Å². The summed E-state index contributed by atoms with van der Waals surface area (Å²) in [5, 5.41) is 2.09. The fourth-order valence-corrected chi connectivity index (χ4v) is 5.82. The normalized spacial score (nSPS) is 15.6. The van der Waals surface area contributed by atoms with Gasteiger partial charge < -0.3 is 9.47 Å². The fourth-order valence-electron chi connectivity index (χ4n) is 3.60. The maximum Gasteiger partial charge on any atom is 0.173 e. The van der Waals surface area contributed by atoms with Crippen LogP contribution in [0.15, 0.2) is 29.6 Å². The van der Waals surface area contributed by atoms with Crippen molar-refractivity contribution in [2.45, 2.75) is 30.7 Å². The summed E-state index contributed by atoms with van der Waals surface area (Å²) in [7, 11) is 0. The van der Waals surface area contributed by atoms with Gasteiger partial charge in [-0.1, -0.05) is 11.8 Å². The molecule has 0 saturated heterocycles. The largest absolute Gasteiger partial charge is 0.486 e. The van der Waals surface area contributed by atoms with Crippen molar-refractivity contribution in [1.29, 1.82) is 0 Å². The molecule has 138 valence electrons. The van der Waals surface area contributed by atoms with Gasteiger partial charge in [0.25, 0.3) is 0 Å². The van der Waals surface area contributed by atoms with Crippen LogP contribution in [0.3, 0.4) is 0 Å². The van der Waals surface area contributed by atoms with E-state index in [4.69, 9.17) is 9.47 Å². The monoisotopic (exact) mass is 398 g/mol. The van der Waals surface area contributed by atoms with Crippen LogP contribution in [0, 0.1) is 0 Å². The van der Waals surface area contributed by atoms with Crippen molar-refractivity contribution in [1.82, 2.24) is 9.97 Å². The number of aromatic nitrogens is 2. The first-order valence-electron chi connectivity index (χ1n) is 9.10. The van der Waals surface area contributed by atoms with E-state index in [2.05, 4.69) is 9.97 Å². The molecule has 1 aliphatic heterocycles. The van der Waals surface area contributed by atoms with Crippen LogP contribution in [0.1, 0.15) is 33.6 Å². The fraction of sp³-hybridized carbons (Fsp3) is 0.350. The number of carbonyl (C=O) groups excluding carboxylic acids is 1. The van der Waals surface area contributed by atoms with Crippen LogP contribution in [-0.2, 0) is 12.8 Å². The van der Waals surface area contributed by atoms with E-state index in [1.807, 2.05) is 6.07 Å². The molecule has 0 radical (unpaired) electrons. The topological polar surface area (TPSA) is 61.3 Å². The lowest BCUT2D eigenvalue weighted by atomic mass is 9.97. The minimum absolute atomic E-state index is 0.0628. The second-order valence-electron chi connectivity index (χ2n) is 6.64. The predicted molar refractivity (Wildman–Crippen MR) is 107 cm³/mol. The molecule has 0 fully saturated rings. The Kier molecular flexibility index (Phi) is 4.49. The number of carbonyl (C=O) groups is 1. The van der Waals surface area contributed by atoms with Crippen LogP contribution in [0.5, 0.6) is 11.5 Å². The summed E-state index contributed by atoms with van der Waals surface area (Å²) in [6, 6.07) is 5.39. The van der Waals surface area contributed by atoms with E-state index < -0.39 is 0 Å². The van der Waals surface area contributed by atoms with E-state index in [1.165, 1.54) is 35.0 Å². The third-order valence-corrected chi connectivity index (χ3v) is 7.11. The minimum atomic E-state index is 0.0628. The minimum Gasteiger partial charge on any atom is -0.486 e. The number of hydrogen-bond donors (Lipinski definition) is 0. The van der Waals surface area contributed by atoms with E-state index in [0.717, 1.165) is 28.1 Å². The Labute approximate surface area is 165 Å². The SMILES string of the molecule is O=C(CSc1ncnc2sc3c(c12)CCCC3)c1ccc2c(c1)OCCO2. The highest BCUT2D eigenvalue weighted by molar-refractivity contribution is 8.00. The van der Waals surface area contributed by atoms with Gasteiger partial charge in [0.05, 0.1) is 5.75 Å². The smallest absolute Gasteiger partial charge is 0.173 e. The van der Waals surface area contributed by atoms with Gasteiger partial charge in [-0.05, 0) is 49.4 Å². The molecule has 5 rings (SSSR count). The van der Waals surface area contributed by atoms with Crippen LogP contribution in [0.2, 0.25) is 0 Å². The summed E-state index contributed by atoms with van der Waals surface area (Å²) >= 11 is 3.28. The standard InChI is InChI=1S/C20H18N2O3S2/c23-14(12-5-6-15-16(9-12)25-8-7-24-15)10-26-19-18-13-3-1-2-4-17(13)27-20(18)22-11-21-19/h5-6,9,11H,1-4,7-8,10H2. The van der Waals surface area contributed by atoms with Gasteiger partial charge in [-0.15, -0.1) is 11.3 Å². The van der Waals surface area contributed by atoms with E-state index in [-0.39, 0.29) is 5.78 Å². The quantitative estimate of drug-likeness (QED) is 0.371. The number of aryl methyl sites for hydroxylation is 2. The number of rotatable bonds is 4. The van der Waals surface area contributed by atoms with E-state index in [9.17, 15) is 4.79 Å². The summed E-state index contributed by atoms with van der Waals surface area (Å²) in [6.07, 6.45) is 6.30. The van der Waals surface area contributed by atoms with E-state index in [0.29, 0.717) is 36.0 Å². The molecular formula is C20H18N2O3S2. The molecule has 0 unspecified atom stereocenters. The lowest BCUT2D eigenvalue weighted by Gasteiger charge is -2.18. The maximum absolute atomic E-state index is 12.7. The lowest BCUT2D eigenvalue weighted by molar-refractivity contribution is 0.102. The molecule has 0 saturated carbocycles. The third kappa shape index (κ3) is 3.19. The summed E-state index contributed by atoms with van der Waals surface area (Å²) in [5.41, 5.74) is 2.04. The Bertz CT molecular complexity index is 1030. The molecule has 3 heterocycles. The molecule has 0 spiro atoms. The van der Waals surface area contributed by atoms with E-state index >= 15 is 0 Å². The molecule has 0 N–H and O–H groups in total. The number of ether oxygens (including phenoxy) is 2. The second-order valence-corrected chi connectivity index (χ2v) is 8.69. The second kappa shape index (κ2) is 7.13. The zero-order chi connectivity index (χ0) is 18.2. The zero-order valence-electron chi connectivity index (χ0n) is 14.7. The average Bonchev–Trinajstić information content (AvgIpc) is 3.11. The average molecular weight is 399 g/mol. The Balaban J connectivity index is 1.38. The third-order valence-electron chi connectivity index (χ3n) is 4.92. The number of ketones is 1. The first-order chi connectivity index (χ1) is 13.3. The number of fused-ring (bicyclic) bond motifs is 4. The molecule has 1 aliphatic carbocycles. The van der Waals surface area contributed by atoms with Crippen molar-refractivity contribution >= 4 is 39.1 Å². The molecule has 2 aromatic heterocycles. The highest BCUT2D eigenvalue weighted by Gasteiger charge is 2.21. The summed E-state index contributed by atoms with van der Waals surface area (Å²) in [4.78, 5) is 24.1. The molecule has 5 nitrogen and oxygen atoms in total. The van der Waals surface area contributed by atoms with Crippen molar-refractivity contribution in [3.8, 4) is 11.5 Å². The highest BCUT2D eigenvalue weighted by atomic mass is 32.2. The molecule has 2 aliphatic rings.